The fourth-order valence-corrected chi connectivity index (χ4v) is 4.71. The maximum Gasteiger partial charge on any atom is 0.138 e. The first-order chi connectivity index (χ1) is 15.3. The van der Waals surface area contributed by atoms with Gasteiger partial charge in [-0.1, -0.05) is 18.2 Å². The number of pyridine rings is 1. The van der Waals surface area contributed by atoms with E-state index in [4.69, 9.17) is 0 Å². The van der Waals surface area contributed by atoms with Crippen LogP contribution in [0.1, 0.15) is 24.3 Å². The molecule has 0 saturated carbocycles. The van der Waals surface area contributed by atoms with Gasteiger partial charge in [-0.05, 0) is 84.9 Å². The lowest BCUT2D eigenvalue weighted by Gasteiger charge is -2.23. The summed E-state index contributed by atoms with van der Waals surface area (Å²) in [6.07, 6.45) is 4.07. The number of hydrogen-bond acceptors (Lipinski definition) is 3. The molecule has 5 nitrogen and oxygen atoms in total. The van der Waals surface area contributed by atoms with Crippen LogP contribution in [0.25, 0.3) is 44.5 Å². The Morgan fingerprint density at radius 3 is 2.71 bits per heavy atom. The standard InChI is InChI=1S/C25H22FN5/c26-18-3-1-2-17(12-18)19-8-11-28-25-20(19)14-23(29-25)24-21-13-16(4-5-22(21)30-31-24)15-6-9-27-10-7-15/h1-5,8,11-15,27H,6-7,9-10H2,(H,28,29)(H,30,31). The number of rotatable bonds is 3. The van der Waals surface area contributed by atoms with Crippen molar-refractivity contribution in [3.63, 3.8) is 0 Å². The molecule has 31 heavy (non-hydrogen) atoms. The number of fused-ring (bicyclic) bond motifs is 2. The van der Waals surface area contributed by atoms with Crippen LogP contribution in [-0.4, -0.2) is 33.3 Å². The van der Waals surface area contributed by atoms with Crippen LogP contribution in [0.5, 0.6) is 0 Å². The van der Waals surface area contributed by atoms with E-state index in [1.807, 2.05) is 12.1 Å². The predicted molar refractivity (Wildman–Crippen MR) is 121 cm³/mol. The van der Waals surface area contributed by atoms with Crippen molar-refractivity contribution < 1.29 is 4.39 Å². The Balaban J connectivity index is 1.47. The van der Waals surface area contributed by atoms with Gasteiger partial charge in [0.05, 0.1) is 11.2 Å². The van der Waals surface area contributed by atoms with Gasteiger partial charge < -0.3 is 10.3 Å². The van der Waals surface area contributed by atoms with Gasteiger partial charge in [0.1, 0.15) is 17.2 Å². The molecule has 154 valence electrons. The third-order valence-corrected chi connectivity index (χ3v) is 6.32. The molecule has 3 aromatic heterocycles. The summed E-state index contributed by atoms with van der Waals surface area (Å²) >= 11 is 0. The molecule has 0 aliphatic carbocycles. The minimum atomic E-state index is -0.248. The van der Waals surface area contributed by atoms with E-state index < -0.39 is 0 Å². The van der Waals surface area contributed by atoms with Gasteiger partial charge in [0, 0.05) is 17.0 Å². The summed E-state index contributed by atoms with van der Waals surface area (Å²) in [5.74, 6) is 0.333. The van der Waals surface area contributed by atoms with Crippen LogP contribution in [0.3, 0.4) is 0 Å². The van der Waals surface area contributed by atoms with Gasteiger partial charge in [0.2, 0.25) is 0 Å². The third kappa shape index (κ3) is 3.20. The van der Waals surface area contributed by atoms with Gasteiger partial charge in [-0.15, -0.1) is 0 Å². The van der Waals surface area contributed by atoms with Crippen LogP contribution in [0, 0.1) is 5.82 Å². The van der Waals surface area contributed by atoms with Crippen molar-refractivity contribution in [3.8, 4) is 22.5 Å². The maximum atomic E-state index is 13.8. The van der Waals surface area contributed by atoms with E-state index in [0.717, 1.165) is 70.4 Å². The normalized spacial score (nSPS) is 15.1. The van der Waals surface area contributed by atoms with Crippen molar-refractivity contribution in [3.05, 3.63) is 72.2 Å². The minimum absolute atomic E-state index is 0.248. The second-order valence-corrected chi connectivity index (χ2v) is 8.22. The van der Waals surface area contributed by atoms with Gasteiger partial charge in [-0.3, -0.25) is 5.10 Å². The molecule has 0 atom stereocenters. The van der Waals surface area contributed by atoms with Gasteiger partial charge in [-0.2, -0.15) is 5.10 Å². The number of aromatic nitrogens is 4. The number of aromatic amines is 2. The van der Waals surface area contributed by atoms with E-state index in [1.54, 1.807) is 18.3 Å². The molecule has 0 unspecified atom stereocenters. The highest BCUT2D eigenvalue weighted by molar-refractivity contribution is 5.99. The van der Waals surface area contributed by atoms with Crippen molar-refractivity contribution in [2.75, 3.05) is 13.1 Å². The summed E-state index contributed by atoms with van der Waals surface area (Å²) in [6.45, 7) is 2.13. The topological polar surface area (TPSA) is 69.4 Å². The summed E-state index contributed by atoms with van der Waals surface area (Å²) in [5.41, 5.74) is 6.72. The zero-order valence-corrected chi connectivity index (χ0v) is 17.0. The summed E-state index contributed by atoms with van der Waals surface area (Å²) in [6, 6.07) is 17.3. The van der Waals surface area contributed by atoms with E-state index in [2.05, 4.69) is 49.7 Å². The zero-order valence-electron chi connectivity index (χ0n) is 17.0. The molecule has 4 heterocycles. The molecule has 6 rings (SSSR count). The van der Waals surface area contributed by atoms with Crippen LogP contribution in [0.15, 0.2) is 60.8 Å². The van der Waals surface area contributed by atoms with Gasteiger partial charge in [0.25, 0.3) is 0 Å². The Bertz CT molecular complexity index is 1390. The molecule has 1 saturated heterocycles. The highest BCUT2D eigenvalue weighted by Gasteiger charge is 2.18. The second-order valence-electron chi connectivity index (χ2n) is 8.22. The largest absolute Gasteiger partial charge is 0.338 e. The number of benzene rings is 2. The number of halogens is 1. The minimum Gasteiger partial charge on any atom is -0.338 e. The van der Waals surface area contributed by atoms with E-state index in [1.165, 1.54) is 11.6 Å². The maximum absolute atomic E-state index is 13.8. The van der Waals surface area contributed by atoms with Crippen LogP contribution in [0.2, 0.25) is 0 Å². The monoisotopic (exact) mass is 411 g/mol. The lowest BCUT2D eigenvalue weighted by molar-refractivity contribution is 0.460. The lowest BCUT2D eigenvalue weighted by atomic mass is 9.89. The highest BCUT2D eigenvalue weighted by Crippen LogP contribution is 2.35. The van der Waals surface area contributed by atoms with Gasteiger partial charge in [0.15, 0.2) is 0 Å². The molecular formula is C25H22FN5. The molecule has 1 fully saturated rings. The Labute approximate surface area is 178 Å². The smallest absolute Gasteiger partial charge is 0.138 e. The molecule has 1 aliphatic heterocycles. The molecular weight excluding hydrogens is 389 g/mol. The number of hydrogen-bond donors (Lipinski definition) is 3. The molecule has 0 bridgehead atoms. The summed E-state index contributed by atoms with van der Waals surface area (Å²) in [7, 11) is 0. The molecule has 3 N–H and O–H groups in total. The lowest BCUT2D eigenvalue weighted by Crippen LogP contribution is -2.26. The predicted octanol–water partition coefficient (Wildman–Crippen LogP) is 5.38. The molecule has 1 aliphatic rings. The summed E-state index contributed by atoms with van der Waals surface area (Å²) < 4.78 is 13.8. The van der Waals surface area contributed by atoms with Crippen LogP contribution in [0.4, 0.5) is 4.39 Å². The van der Waals surface area contributed by atoms with Crippen molar-refractivity contribution in [2.24, 2.45) is 0 Å². The van der Waals surface area contributed by atoms with Crippen molar-refractivity contribution >= 4 is 21.9 Å². The average molecular weight is 411 g/mol. The number of H-pyrrole nitrogens is 2. The zero-order chi connectivity index (χ0) is 20.8. The summed E-state index contributed by atoms with van der Waals surface area (Å²) in [5, 5.41) is 13.3. The molecule has 0 radical (unpaired) electrons. The third-order valence-electron chi connectivity index (χ3n) is 6.32. The van der Waals surface area contributed by atoms with Crippen molar-refractivity contribution in [2.45, 2.75) is 18.8 Å². The number of piperidine rings is 1. The highest BCUT2D eigenvalue weighted by atomic mass is 19.1. The first kappa shape index (κ1) is 18.3. The molecule has 0 spiro atoms. The first-order valence-corrected chi connectivity index (χ1v) is 10.7. The summed E-state index contributed by atoms with van der Waals surface area (Å²) in [4.78, 5) is 7.91. The fraction of sp³-hybridized carbons (Fsp3) is 0.200. The van der Waals surface area contributed by atoms with Crippen LogP contribution in [-0.2, 0) is 0 Å². The van der Waals surface area contributed by atoms with E-state index in [0.29, 0.717) is 5.92 Å². The van der Waals surface area contributed by atoms with Crippen molar-refractivity contribution in [1.29, 1.82) is 0 Å². The number of nitrogens with one attached hydrogen (secondary N) is 3. The van der Waals surface area contributed by atoms with E-state index >= 15 is 0 Å². The molecule has 5 aromatic rings. The molecule has 2 aromatic carbocycles. The molecule has 6 heteroatoms. The Kier molecular flexibility index (Phi) is 4.32. The Morgan fingerprint density at radius 2 is 1.84 bits per heavy atom. The van der Waals surface area contributed by atoms with Gasteiger partial charge >= 0.3 is 0 Å². The quantitative estimate of drug-likeness (QED) is 0.373. The van der Waals surface area contributed by atoms with E-state index in [-0.39, 0.29) is 5.82 Å². The van der Waals surface area contributed by atoms with Gasteiger partial charge in [-0.25, -0.2) is 9.37 Å². The Hall–Kier alpha value is -3.51. The SMILES string of the molecule is Fc1cccc(-c2ccnc3[nH]c(-c4n[nH]c5ccc(C6CCNCC6)cc45)cc23)c1. The first-order valence-electron chi connectivity index (χ1n) is 10.7. The average Bonchev–Trinajstić information content (AvgIpc) is 3.43. The van der Waals surface area contributed by atoms with E-state index in [9.17, 15) is 4.39 Å². The Morgan fingerprint density at radius 1 is 0.935 bits per heavy atom. The van der Waals surface area contributed by atoms with Crippen molar-refractivity contribution in [1.82, 2.24) is 25.5 Å². The molecule has 0 amide bonds. The van der Waals surface area contributed by atoms with Crippen LogP contribution < -0.4 is 5.32 Å². The van der Waals surface area contributed by atoms with Crippen LogP contribution >= 0.6 is 0 Å². The number of nitrogens with zero attached hydrogens (tertiary/aromatic N) is 2. The fourth-order valence-electron chi connectivity index (χ4n) is 4.71. The second kappa shape index (κ2) is 7.32.